The molecule has 0 aliphatic rings. The topological polar surface area (TPSA) is 45.8 Å². The molecule has 1 heterocycles. The van der Waals surface area contributed by atoms with Crippen molar-refractivity contribution in [3.8, 4) is 0 Å². The first-order valence-corrected chi connectivity index (χ1v) is 8.30. The number of thioether (sulfide) groups is 1. The van der Waals surface area contributed by atoms with E-state index in [2.05, 4.69) is 9.97 Å². The summed E-state index contributed by atoms with van der Waals surface area (Å²) in [7, 11) is 0. The lowest BCUT2D eigenvalue weighted by molar-refractivity contribution is 0.559. The Kier molecular flexibility index (Phi) is 5.05. The van der Waals surface area contributed by atoms with Crippen LogP contribution in [0.5, 0.6) is 0 Å². The van der Waals surface area contributed by atoms with Gasteiger partial charge in [0.25, 0.3) is 5.56 Å². The lowest BCUT2D eigenvalue weighted by Gasteiger charge is -2.06. The van der Waals surface area contributed by atoms with Gasteiger partial charge in [0.1, 0.15) is 11.6 Å². The summed E-state index contributed by atoms with van der Waals surface area (Å²) in [6.07, 6.45) is -0.0681. The minimum absolute atomic E-state index is 0.0681. The number of hydrogen-bond donors (Lipinski definition) is 1. The minimum atomic E-state index is -0.643. The molecule has 6 heteroatoms. The summed E-state index contributed by atoms with van der Waals surface area (Å²) in [5.74, 6) is -0.646. The van der Waals surface area contributed by atoms with Crippen molar-refractivity contribution in [1.82, 2.24) is 9.97 Å². The number of hydrogen-bond acceptors (Lipinski definition) is 3. The third-order valence-electron chi connectivity index (χ3n) is 3.41. The van der Waals surface area contributed by atoms with E-state index in [1.165, 1.54) is 36.0 Å². The smallest absolute Gasteiger partial charge is 0.251 e. The van der Waals surface area contributed by atoms with E-state index in [0.29, 0.717) is 16.6 Å². The molecule has 0 radical (unpaired) electrons. The van der Waals surface area contributed by atoms with E-state index >= 15 is 0 Å². The van der Waals surface area contributed by atoms with E-state index in [9.17, 15) is 13.6 Å². The van der Waals surface area contributed by atoms with Crippen LogP contribution in [0.25, 0.3) is 0 Å². The van der Waals surface area contributed by atoms with Crippen LogP contribution in [0.3, 0.4) is 0 Å². The third-order valence-corrected chi connectivity index (χ3v) is 4.36. The van der Waals surface area contributed by atoms with E-state index < -0.39 is 11.6 Å². The zero-order valence-electron chi connectivity index (χ0n) is 12.6. The molecule has 0 spiro atoms. The lowest BCUT2D eigenvalue weighted by atomic mass is 10.1. The van der Waals surface area contributed by atoms with Crippen molar-refractivity contribution in [2.24, 2.45) is 0 Å². The number of aromatic nitrogens is 2. The van der Waals surface area contributed by atoms with Gasteiger partial charge in [-0.2, -0.15) is 0 Å². The van der Waals surface area contributed by atoms with E-state index in [-0.39, 0.29) is 17.5 Å². The average molecular weight is 344 g/mol. The van der Waals surface area contributed by atoms with Crippen LogP contribution < -0.4 is 5.56 Å². The number of aromatic amines is 1. The van der Waals surface area contributed by atoms with Gasteiger partial charge in [-0.15, -0.1) is 0 Å². The van der Waals surface area contributed by atoms with Gasteiger partial charge in [0.2, 0.25) is 0 Å². The van der Waals surface area contributed by atoms with Gasteiger partial charge in [-0.05, 0) is 17.7 Å². The highest BCUT2D eigenvalue weighted by atomic mass is 32.2. The first kappa shape index (κ1) is 16.4. The van der Waals surface area contributed by atoms with Crippen molar-refractivity contribution in [3.63, 3.8) is 0 Å². The van der Waals surface area contributed by atoms with Gasteiger partial charge in [-0.3, -0.25) is 4.79 Å². The molecule has 0 aliphatic heterocycles. The molecule has 3 nitrogen and oxygen atoms in total. The molecule has 2 aromatic carbocycles. The van der Waals surface area contributed by atoms with Crippen molar-refractivity contribution < 1.29 is 8.78 Å². The highest BCUT2D eigenvalue weighted by molar-refractivity contribution is 7.98. The number of nitrogens with one attached hydrogen (secondary N) is 1. The molecule has 0 saturated heterocycles. The number of halogens is 2. The monoisotopic (exact) mass is 344 g/mol. The molecular formula is C18H14F2N2OS. The Morgan fingerprint density at radius 1 is 1.00 bits per heavy atom. The van der Waals surface area contributed by atoms with Gasteiger partial charge in [0.05, 0.1) is 5.69 Å². The second-order valence-electron chi connectivity index (χ2n) is 5.19. The first-order chi connectivity index (χ1) is 11.6. The Morgan fingerprint density at radius 2 is 1.71 bits per heavy atom. The van der Waals surface area contributed by atoms with Gasteiger partial charge in [0, 0.05) is 23.8 Å². The predicted molar refractivity (Wildman–Crippen MR) is 90.0 cm³/mol. The Labute approximate surface area is 141 Å². The molecule has 24 heavy (non-hydrogen) atoms. The predicted octanol–water partition coefficient (Wildman–Crippen LogP) is 3.93. The third kappa shape index (κ3) is 4.08. The van der Waals surface area contributed by atoms with Crippen LogP contribution in [0.1, 0.15) is 16.8 Å². The largest absolute Gasteiger partial charge is 0.301 e. The van der Waals surface area contributed by atoms with Crippen molar-refractivity contribution in [3.05, 3.63) is 93.4 Å². The molecule has 0 saturated carbocycles. The average Bonchev–Trinajstić information content (AvgIpc) is 2.57. The van der Waals surface area contributed by atoms with E-state index in [1.807, 2.05) is 30.3 Å². The normalized spacial score (nSPS) is 10.8. The van der Waals surface area contributed by atoms with Gasteiger partial charge >= 0.3 is 0 Å². The van der Waals surface area contributed by atoms with Crippen LogP contribution in [0.15, 0.2) is 64.5 Å². The summed E-state index contributed by atoms with van der Waals surface area (Å²) >= 11 is 1.37. The summed E-state index contributed by atoms with van der Waals surface area (Å²) in [6, 6.07) is 14.7. The summed E-state index contributed by atoms with van der Waals surface area (Å²) < 4.78 is 27.5. The molecule has 0 unspecified atom stereocenters. The minimum Gasteiger partial charge on any atom is -0.301 e. The van der Waals surface area contributed by atoms with Crippen molar-refractivity contribution in [2.45, 2.75) is 17.3 Å². The fourth-order valence-corrected chi connectivity index (χ4v) is 3.10. The second kappa shape index (κ2) is 7.40. The first-order valence-electron chi connectivity index (χ1n) is 7.31. The van der Waals surface area contributed by atoms with Crippen LogP contribution in [0, 0.1) is 11.6 Å². The standard InChI is InChI=1S/C18H14F2N2OS/c19-15-7-4-8-16(20)14(15)9-13-10-17(23)22-18(21-13)24-11-12-5-2-1-3-6-12/h1-8,10H,9,11H2,(H,21,22,23). The second-order valence-corrected chi connectivity index (χ2v) is 6.16. The Balaban J connectivity index is 1.80. The number of benzene rings is 2. The zero-order chi connectivity index (χ0) is 16.9. The summed E-state index contributed by atoms with van der Waals surface area (Å²) in [4.78, 5) is 18.7. The van der Waals surface area contributed by atoms with Crippen LogP contribution in [-0.4, -0.2) is 9.97 Å². The fraction of sp³-hybridized carbons (Fsp3) is 0.111. The Bertz CT molecular complexity index is 877. The molecule has 3 rings (SSSR count). The molecule has 122 valence electrons. The van der Waals surface area contributed by atoms with Crippen LogP contribution in [0.2, 0.25) is 0 Å². The van der Waals surface area contributed by atoms with Gasteiger partial charge in [0.15, 0.2) is 5.16 Å². The maximum Gasteiger partial charge on any atom is 0.251 e. The Morgan fingerprint density at radius 3 is 2.42 bits per heavy atom. The van der Waals surface area contributed by atoms with Crippen LogP contribution in [0.4, 0.5) is 8.78 Å². The maximum atomic E-state index is 13.7. The quantitative estimate of drug-likeness (QED) is 0.563. The van der Waals surface area contributed by atoms with E-state index in [0.717, 1.165) is 5.56 Å². The number of rotatable bonds is 5. The molecule has 1 aromatic heterocycles. The molecular weight excluding hydrogens is 330 g/mol. The van der Waals surface area contributed by atoms with Gasteiger partial charge in [-0.1, -0.05) is 48.2 Å². The maximum absolute atomic E-state index is 13.7. The van der Waals surface area contributed by atoms with Gasteiger partial charge in [-0.25, -0.2) is 13.8 Å². The van der Waals surface area contributed by atoms with Crippen LogP contribution >= 0.6 is 11.8 Å². The molecule has 0 aliphatic carbocycles. The summed E-state index contributed by atoms with van der Waals surface area (Å²) in [5, 5.41) is 0.429. The highest BCUT2D eigenvalue weighted by Crippen LogP contribution is 2.20. The Hall–Kier alpha value is -2.47. The molecule has 0 amide bonds. The zero-order valence-corrected chi connectivity index (χ0v) is 13.4. The van der Waals surface area contributed by atoms with E-state index in [4.69, 9.17) is 0 Å². The molecule has 1 N–H and O–H groups in total. The SMILES string of the molecule is O=c1cc(Cc2c(F)cccc2F)nc(SCc2ccccc2)[nH]1. The van der Waals surface area contributed by atoms with Crippen molar-refractivity contribution >= 4 is 11.8 Å². The summed E-state index contributed by atoms with van der Waals surface area (Å²) in [6.45, 7) is 0. The van der Waals surface area contributed by atoms with Crippen molar-refractivity contribution in [2.75, 3.05) is 0 Å². The van der Waals surface area contributed by atoms with E-state index in [1.54, 1.807) is 0 Å². The highest BCUT2D eigenvalue weighted by Gasteiger charge is 2.11. The lowest BCUT2D eigenvalue weighted by Crippen LogP contribution is -2.11. The number of H-pyrrole nitrogens is 1. The number of nitrogens with zero attached hydrogens (tertiary/aromatic N) is 1. The molecule has 0 atom stereocenters. The molecule has 0 bridgehead atoms. The van der Waals surface area contributed by atoms with Crippen LogP contribution in [-0.2, 0) is 12.2 Å². The molecule has 3 aromatic rings. The molecule has 0 fully saturated rings. The summed E-state index contributed by atoms with van der Waals surface area (Å²) in [5.41, 5.74) is 0.996. The van der Waals surface area contributed by atoms with Crippen molar-refractivity contribution in [1.29, 1.82) is 0 Å². The fourth-order valence-electron chi connectivity index (χ4n) is 2.25. The van der Waals surface area contributed by atoms with Gasteiger partial charge < -0.3 is 4.98 Å².